The highest BCUT2D eigenvalue weighted by molar-refractivity contribution is 5.74. The molecule has 0 aromatic heterocycles. The SMILES string of the molecule is CC(NC(=O)NCCc1ccc(CO)cc1)C1CCOCC1. The summed E-state index contributed by atoms with van der Waals surface area (Å²) in [6, 6.07) is 7.84. The van der Waals surface area contributed by atoms with E-state index >= 15 is 0 Å². The second-order valence-electron chi connectivity index (χ2n) is 5.86. The molecule has 1 unspecified atom stereocenters. The predicted octanol–water partition coefficient (Wildman–Crippen LogP) is 1.84. The molecule has 1 aliphatic heterocycles. The smallest absolute Gasteiger partial charge is 0.315 e. The van der Waals surface area contributed by atoms with Crippen molar-refractivity contribution in [2.24, 2.45) is 5.92 Å². The molecule has 0 aliphatic carbocycles. The van der Waals surface area contributed by atoms with Crippen LogP contribution in [-0.4, -0.2) is 36.9 Å². The van der Waals surface area contributed by atoms with E-state index in [4.69, 9.17) is 9.84 Å². The fraction of sp³-hybridized carbons (Fsp3) is 0.588. The Morgan fingerprint density at radius 3 is 2.55 bits per heavy atom. The van der Waals surface area contributed by atoms with Crippen LogP contribution < -0.4 is 10.6 Å². The van der Waals surface area contributed by atoms with Gasteiger partial charge in [-0.05, 0) is 43.2 Å². The highest BCUT2D eigenvalue weighted by Crippen LogP contribution is 2.18. The number of hydrogen-bond acceptors (Lipinski definition) is 3. The Morgan fingerprint density at radius 2 is 1.91 bits per heavy atom. The van der Waals surface area contributed by atoms with Crippen LogP contribution in [0.3, 0.4) is 0 Å². The van der Waals surface area contributed by atoms with E-state index in [0.717, 1.165) is 43.6 Å². The van der Waals surface area contributed by atoms with Crippen LogP contribution in [-0.2, 0) is 17.8 Å². The van der Waals surface area contributed by atoms with Crippen molar-refractivity contribution in [3.05, 3.63) is 35.4 Å². The van der Waals surface area contributed by atoms with Crippen LogP contribution >= 0.6 is 0 Å². The van der Waals surface area contributed by atoms with Gasteiger partial charge in [0.05, 0.1) is 6.61 Å². The zero-order chi connectivity index (χ0) is 15.8. The molecule has 2 rings (SSSR count). The Balaban J connectivity index is 1.66. The molecular weight excluding hydrogens is 280 g/mol. The van der Waals surface area contributed by atoms with Gasteiger partial charge in [0.25, 0.3) is 0 Å². The zero-order valence-corrected chi connectivity index (χ0v) is 13.2. The Kier molecular flexibility index (Phi) is 6.68. The molecular formula is C17H26N2O3. The normalized spacial score (nSPS) is 17.0. The van der Waals surface area contributed by atoms with E-state index in [-0.39, 0.29) is 18.7 Å². The van der Waals surface area contributed by atoms with Crippen LogP contribution in [0.4, 0.5) is 4.79 Å². The molecule has 1 heterocycles. The van der Waals surface area contributed by atoms with E-state index in [9.17, 15) is 4.79 Å². The van der Waals surface area contributed by atoms with Crippen molar-refractivity contribution in [2.75, 3.05) is 19.8 Å². The Labute approximate surface area is 132 Å². The highest BCUT2D eigenvalue weighted by Gasteiger charge is 2.21. The molecule has 22 heavy (non-hydrogen) atoms. The van der Waals surface area contributed by atoms with Crippen LogP contribution in [0, 0.1) is 5.92 Å². The van der Waals surface area contributed by atoms with Crippen molar-refractivity contribution < 1.29 is 14.6 Å². The van der Waals surface area contributed by atoms with Gasteiger partial charge in [-0.1, -0.05) is 24.3 Å². The van der Waals surface area contributed by atoms with Crippen molar-refractivity contribution in [3.63, 3.8) is 0 Å². The molecule has 1 aromatic carbocycles. The second-order valence-corrected chi connectivity index (χ2v) is 5.86. The minimum absolute atomic E-state index is 0.0605. The van der Waals surface area contributed by atoms with Crippen LogP contribution in [0.2, 0.25) is 0 Å². The number of nitrogens with one attached hydrogen (secondary N) is 2. The van der Waals surface area contributed by atoms with Gasteiger partial charge in [0.15, 0.2) is 0 Å². The summed E-state index contributed by atoms with van der Waals surface area (Å²) in [6.45, 7) is 4.31. The summed E-state index contributed by atoms with van der Waals surface area (Å²) in [6.07, 6.45) is 2.81. The molecule has 1 aliphatic rings. The minimum Gasteiger partial charge on any atom is -0.392 e. The lowest BCUT2D eigenvalue weighted by molar-refractivity contribution is 0.0571. The number of urea groups is 1. The number of amides is 2. The molecule has 1 fully saturated rings. The summed E-state index contributed by atoms with van der Waals surface area (Å²) < 4.78 is 5.34. The molecule has 122 valence electrons. The maximum Gasteiger partial charge on any atom is 0.315 e. The number of hydrogen-bond donors (Lipinski definition) is 3. The van der Waals surface area contributed by atoms with Crippen molar-refractivity contribution in [2.45, 2.75) is 38.8 Å². The first-order valence-corrected chi connectivity index (χ1v) is 8.00. The lowest BCUT2D eigenvalue weighted by atomic mass is 9.93. The molecule has 1 atom stereocenters. The average Bonchev–Trinajstić information content (AvgIpc) is 2.56. The first kappa shape index (κ1) is 16.8. The van der Waals surface area contributed by atoms with Gasteiger partial charge in [0, 0.05) is 25.8 Å². The van der Waals surface area contributed by atoms with Gasteiger partial charge in [0.1, 0.15) is 0 Å². The van der Waals surface area contributed by atoms with Gasteiger partial charge >= 0.3 is 6.03 Å². The monoisotopic (exact) mass is 306 g/mol. The Hall–Kier alpha value is -1.59. The summed E-state index contributed by atoms with van der Waals surface area (Å²) in [5, 5.41) is 14.9. The average molecular weight is 306 g/mol. The molecule has 1 saturated heterocycles. The summed E-state index contributed by atoms with van der Waals surface area (Å²) >= 11 is 0. The lowest BCUT2D eigenvalue weighted by Gasteiger charge is -2.28. The fourth-order valence-electron chi connectivity index (χ4n) is 2.72. The van der Waals surface area contributed by atoms with Gasteiger partial charge in [-0.3, -0.25) is 0 Å². The molecule has 5 heteroatoms. The van der Waals surface area contributed by atoms with E-state index in [0.29, 0.717) is 12.5 Å². The van der Waals surface area contributed by atoms with E-state index in [1.165, 1.54) is 0 Å². The third-order valence-corrected chi connectivity index (χ3v) is 4.24. The largest absolute Gasteiger partial charge is 0.392 e. The molecule has 0 spiro atoms. The van der Waals surface area contributed by atoms with Crippen LogP contribution in [0.25, 0.3) is 0 Å². The first-order valence-electron chi connectivity index (χ1n) is 8.00. The number of carbonyl (C=O) groups excluding carboxylic acids is 1. The van der Waals surface area contributed by atoms with Gasteiger partial charge < -0.3 is 20.5 Å². The maximum atomic E-state index is 11.9. The summed E-state index contributed by atoms with van der Waals surface area (Å²) in [5.41, 5.74) is 2.05. The van der Waals surface area contributed by atoms with Crippen LogP contribution in [0.1, 0.15) is 30.9 Å². The van der Waals surface area contributed by atoms with Gasteiger partial charge in [-0.2, -0.15) is 0 Å². The van der Waals surface area contributed by atoms with Crippen molar-refractivity contribution in [3.8, 4) is 0 Å². The van der Waals surface area contributed by atoms with Crippen molar-refractivity contribution in [1.29, 1.82) is 0 Å². The molecule has 0 saturated carbocycles. The van der Waals surface area contributed by atoms with E-state index < -0.39 is 0 Å². The lowest BCUT2D eigenvalue weighted by Crippen LogP contribution is -2.45. The fourth-order valence-corrected chi connectivity index (χ4v) is 2.72. The van der Waals surface area contributed by atoms with Crippen molar-refractivity contribution >= 4 is 6.03 Å². The zero-order valence-electron chi connectivity index (χ0n) is 13.2. The van der Waals surface area contributed by atoms with Gasteiger partial charge in [-0.25, -0.2) is 4.79 Å². The summed E-state index contributed by atoms with van der Waals surface area (Å²) in [5.74, 6) is 0.505. The second kappa shape index (κ2) is 8.76. The number of ether oxygens (including phenoxy) is 1. The molecule has 0 bridgehead atoms. The molecule has 1 aromatic rings. The molecule has 2 amide bonds. The van der Waals surface area contributed by atoms with Gasteiger partial charge in [-0.15, -0.1) is 0 Å². The topological polar surface area (TPSA) is 70.6 Å². The summed E-state index contributed by atoms with van der Waals surface area (Å²) in [4.78, 5) is 11.9. The number of carbonyl (C=O) groups is 1. The number of aliphatic hydroxyl groups excluding tert-OH is 1. The summed E-state index contributed by atoms with van der Waals surface area (Å²) in [7, 11) is 0. The Bertz CT molecular complexity index is 455. The minimum atomic E-state index is -0.106. The quantitative estimate of drug-likeness (QED) is 0.751. The number of benzene rings is 1. The van der Waals surface area contributed by atoms with Gasteiger partial charge in [0.2, 0.25) is 0 Å². The van der Waals surface area contributed by atoms with Crippen LogP contribution in [0.5, 0.6) is 0 Å². The highest BCUT2D eigenvalue weighted by atomic mass is 16.5. The standard InChI is InChI=1S/C17H26N2O3/c1-13(16-7-10-22-11-8-16)19-17(21)18-9-6-14-2-4-15(12-20)5-3-14/h2-5,13,16,20H,6-12H2,1H3,(H2,18,19,21). The predicted molar refractivity (Wildman–Crippen MR) is 85.6 cm³/mol. The third kappa shape index (κ3) is 5.31. The van der Waals surface area contributed by atoms with Crippen LogP contribution in [0.15, 0.2) is 24.3 Å². The van der Waals surface area contributed by atoms with E-state index in [1.54, 1.807) is 0 Å². The number of aliphatic hydroxyl groups is 1. The van der Waals surface area contributed by atoms with E-state index in [1.807, 2.05) is 24.3 Å². The number of rotatable bonds is 6. The molecule has 5 nitrogen and oxygen atoms in total. The maximum absolute atomic E-state index is 11.9. The van der Waals surface area contributed by atoms with E-state index in [2.05, 4.69) is 17.6 Å². The molecule has 3 N–H and O–H groups in total. The Morgan fingerprint density at radius 1 is 1.27 bits per heavy atom. The third-order valence-electron chi connectivity index (χ3n) is 4.24. The molecule has 0 radical (unpaired) electrons. The first-order chi connectivity index (χ1) is 10.7. The van der Waals surface area contributed by atoms with Crippen molar-refractivity contribution in [1.82, 2.24) is 10.6 Å².